The fraction of sp³-hybridized carbons (Fsp3) is 0.333. The Hall–Kier alpha value is -2.86. The number of aromatic hydroxyl groups is 1. The molecule has 2 aliphatic rings. The summed E-state index contributed by atoms with van der Waals surface area (Å²) in [4.78, 5) is 31.0. The van der Waals surface area contributed by atoms with Gasteiger partial charge in [-0.2, -0.15) is 0 Å². The van der Waals surface area contributed by atoms with Gasteiger partial charge < -0.3 is 14.9 Å². The highest BCUT2D eigenvalue weighted by molar-refractivity contribution is 5.97. The third-order valence-corrected chi connectivity index (χ3v) is 5.34. The SMILES string of the molecule is O=C(c1ccccc1O)N1CCN(CC(=O)N2CCc3ccccc32)CC1. The van der Waals surface area contributed by atoms with Crippen molar-refractivity contribution in [1.82, 2.24) is 9.80 Å². The zero-order chi connectivity index (χ0) is 18.8. The van der Waals surface area contributed by atoms with Gasteiger partial charge in [-0.05, 0) is 30.2 Å². The number of phenolic OH excluding ortho intramolecular Hbond substituents is 1. The largest absolute Gasteiger partial charge is 0.507 e. The summed E-state index contributed by atoms with van der Waals surface area (Å²) in [5, 5.41) is 9.88. The van der Waals surface area contributed by atoms with Crippen LogP contribution in [0.3, 0.4) is 0 Å². The highest BCUT2D eigenvalue weighted by atomic mass is 16.3. The van der Waals surface area contributed by atoms with Gasteiger partial charge in [0.2, 0.25) is 5.91 Å². The Morgan fingerprint density at radius 2 is 1.59 bits per heavy atom. The molecule has 2 aromatic carbocycles. The molecule has 0 radical (unpaired) electrons. The van der Waals surface area contributed by atoms with Gasteiger partial charge in [0.1, 0.15) is 5.75 Å². The zero-order valence-corrected chi connectivity index (χ0v) is 15.2. The van der Waals surface area contributed by atoms with Crippen LogP contribution in [0.5, 0.6) is 5.75 Å². The molecule has 0 spiro atoms. The molecule has 0 unspecified atom stereocenters. The smallest absolute Gasteiger partial charge is 0.257 e. The van der Waals surface area contributed by atoms with Crippen LogP contribution < -0.4 is 4.90 Å². The molecule has 6 heteroatoms. The van der Waals surface area contributed by atoms with Gasteiger partial charge in [-0.3, -0.25) is 14.5 Å². The van der Waals surface area contributed by atoms with Crippen LogP contribution in [0.4, 0.5) is 5.69 Å². The fourth-order valence-electron chi connectivity index (χ4n) is 3.81. The second-order valence-electron chi connectivity index (χ2n) is 7.01. The number of piperazine rings is 1. The van der Waals surface area contributed by atoms with Crippen LogP contribution in [0, 0.1) is 0 Å². The topological polar surface area (TPSA) is 64.1 Å². The Kier molecular flexibility index (Phi) is 4.81. The van der Waals surface area contributed by atoms with E-state index < -0.39 is 0 Å². The molecule has 27 heavy (non-hydrogen) atoms. The molecule has 2 amide bonds. The van der Waals surface area contributed by atoms with Gasteiger partial charge in [0.15, 0.2) is 0 Å². The number of benzene rings is 2. The number of rotatable bonds is 3. The van der Waals surface area contributed by atoms with Gasteiger partial charge in [0.05, 0.1) is 12.1 Å². The molecule has 0 aromatic heterocycles. The molecule has 4 rings (SSSR count). The third kappa shape index (κ3) is 3.53. The normalized spacial score (nSPS) is 17.0. The molecule has 0 saturated carbocycles. The first-order valence-corrected chi connectivity index (χ1v) is 9.31. The summed E-state index contributed by atoms with van der Waals surface area (Å²) in [6, 6.07) is 14.7. The molecule has 0 aliphatic carbocycles. The van der Waals surface area contributed by atoms with Crippen LogP contribution in [0.25, 0.3) is 0 Å². The maximum absolute atomic E-state index is 12.7. The second-order valence-corrected chi connectivity index (χ2v) is 7.01. The summed E-state index contributed by atoms with van der Waals surface area (Å²) in [6.07, 6.45) is 0.908. The van der Waals surface area contributed by atoms with Crippen LogP contribution in [-0.4, -0.2) is 66.0 Å². The van der Waals surface area contributed by atoms with Crippen molar-refractivity contribution in [3.05, 3.63) is 59.7 Å². The number of nitrogens with zero attached hydrogens (tertiary/aromatic N) is 3. The lowest BCUT2D eigenvalue weighted by Crippen LogP contribution is -2.51. The molecule has 0 bridgehead atoms. The third-order valence-electron chi connectivity index (χ3n) is 5.34. The highest BCUT2D eigenvalue weighted by Gasteiger charge is 2.28. The summed E-state index contributed by atoms with van der Waals surface area (Å²) in [5.41, 5.74) is 2.58. The molecule has 2 heterocycles. The minimum atomic E-state index is -0.160. The minimum Gasteiger partial charge on any atom is -0.507 e. The van der Waals surface area contributed by atoms with E-state index in [1.807, 2.05) is 23.1 Å². The lowest BCUT2D eigenvalue weighted by atomic mass is 10.1. The Labute approximate surface area is 158 Å². The Morgan fingerprint density at radius 1 is 0.889 bits per heavy atom. The van der Waals surface area contributed by atoms with Gasteiger partial charge in [-0.15, -0.1) is 0 Å². The molecule has 1 fully saturated rings. The van der Waals surface area contributed by atoms with Gasteiger partial charge in [0.25, 0.3) is 5.91 Å². The Bertz CT molecular complexity index is 859. The van der Waals surface area contributed by atoms with Crippen molar-refractivity contribution >= 4 is 17.5 Å². The number of carbonyl (C=O) groups is 2. The number of fused-ring (bicyclic) bond motifs is 1. The molecule has 1 N–H and O–H groups in total. The van der Waals surface area contributed by atoms with Crippen LogP contribution in [-0.2, 0) is 11.2 Å². The summed E-state index contributed by atoms with van der Waals surface area (Å²) >= 11 is 0. The fourth-order valence-corrected chi connectivity index (χ4v) is 3.81. The van der Waals surface area contributed by atoms with E-state index in [1.165, 1.54) is 11.6 Å². The van der Waals surface area contributed by atoms with E-state index in [0.29, 0.717) is 38.3 Å². The number of hydrogen-bond donors (Lipinski definition) is 1. The van der Waals surface area contributed by atoms with E-state index in [9.17, 15) is 14.7 Å². The van der Waals surface area contributed by atoms with Crippen LogP contribution in [0.1, 0.15) is 15.9 Å². The first kappa shape index (κ1) is 17.5. The summed E-state index contributed by atoms with van der Waals surface area (Å²) in [7, 11) is 0. The van der Waals surface area contributed by atoms with Crippen molar-refractivity contribution < 1.29 is 14.7 Å². The van der Waals surface area contributed by atoms with Crippen molar-refractivity contribution in [2.24, 2.45) is 0 Å². The first-order chi connectivity index (χ1) is 13.1. The minimum absolute atomic E-state index is 0.00723. The molecule has 2 aromatic rings. The van der Waals surface area contributed by atoms with Gasteiger partial charge in [-0.25, -0.2) is 0 Å². The number of hydrogen-bond acceptors (Lipinski definition) is 4. The molecular formula is C21H23N3O3. The maximum Gasteiger partial charge on any atom is 0.257 e. The van der Waals surface area contributed by atoms with Crippen LogP contribution in [0.2, 0.25) is 0 Å². The van der Waals surface area contributed by atoms with E-state index in [0.717, 1.165) is 18.7 Å². The lowest BCUT2D eigenvalue weighted by Gasteiger charge is -2.35. The number of anilines is 1. The van der Waals surface area contributed by atoms with Gasteiger partial charge >= 0.3 is 0 Å². The number of para-hydroxylation sites is 2. The van der Waals surface area contributed by atoms with E-state index in [2.05, 4.69) is 11.0 Å². The standard InChI is InChI=1S/C21H23N3O3/c25-19-8-4-2-6-17(19)21(27)23-13-11-22(12-14-23)15-20(26)24-10-9-16-5-1-3-7-18(16)24/h1-8,25H,9-15H2. The Morgan fingerprint density at radius 3 is 2.37 bits per heavy atom. The van der Waals surface area contributed by atoms with E-state index in [4.69, 9.17) is 0 Å². The molecule has 2 aliphatic heterocycles. The monoisotopic (exact) mass is 365 g/mol. The van der Waals surface area contributed by atoms with Crippen molar-refractivity contribution in [2.75, 3.05) is 44.2 Å². The molecule has 0 atom stereocenters. The maximum atomic E-state index is 12.7. The second kappa shape index (κ2) is 7.40. The van der Waals surface area contributed by atoms with Crippen molar-refractivity contribution in [3.8, 4) is 5.75 Å². The molecule has 140 valence electrons. The quantitative estimate of drug-likeness (QED) is 0.900. The lowest BCUT2D eigenvalue weighted by molar-refractivity contribution is -0.120. The average molecular weight is 365 g/mol. The van der Waals surface area contributed by atoms with Crippen molar-refractivity contribution in [1.29, 1.82) is 0 Å². The summed E-state index contributed by atoms with van der Waals surface area (Å²) in [6.45, 7) is 3.52. The summed E-state index contributed by atoms with van der Waals surface area (Å²) in [5.74, 6) is -0.0409. The average Bonchev–Trinajstić information content (AvgIpc) is 3.13. The predicted molar refractivity (Wildman–Crippen MR) is 103 cm³/mol. The predicted octanol–water partition coefficient (Wildman–Crippen LogP) is 1.74. The van der Waals surface area contributed by atoms with E-state index >= 15 is 0 Å². The number of carbonyl (C=O) groups excluding carboxylic acids is 2. The van der Waals surface area contributed by atoms with Crippen molar-refractivity contribution in [3.63, 3.8) is 0 Å². The highest BCUT2D eigenvalue weighted by Crippen LogP contribution is 2.27. The first-order valence-electron chi connectivity index (χ1n) is 9.31. The van der Waals surface area contributed by atoms with Crippen LogP contribution in [0.15, 0.2) is 48.5 Å². The van der Waals surface area contributed by atoms with E-state index in [-0.39, 0.29) is 17.6 Å². The Balaban J connectivity index is 1.33. The molecular weight excluding hydrogens is 342 g/mol. The number of amides is 2. The molecule has 6 nitrogen and oxygen atoms in total. The van der Waals surface area contributed by atoms with E-state index in [1.54, 1.807) is 23.1 Å². The van der Waals surface area contributed by atoms with Crippen LogP contribution >= 0.6 is 0 Å². The van der Waals surface area contributed by atoms with Crippen molar-refractivity contribution in [2.45, 2.75) is 6.42 Å². The molecule has 1 saturated heterocycles. The number of phenols is 1. The summed E-state index contributed by atoms with van der Waals surface area (Å²) < 4.78 is 0. The zero-order valence-electron chi connectivity index (χ0n) is 15.2. The van der Waals surface area contributed by atoms with Gasteiger partial charge in [0, 0.05) is 38.4 Å². The van der Waals surface area contributed by atoms with Gasteiger partial charge in [-0.1, -0.05) is 30.3 Å².